The van der Waals surface area contributed by atoms with E-state index in [1.54, 1.807) is 0 Å². The molecule has 1 fully saturated rings. The predicted molar refractivity (Wildman–Crippen MR) is 114 cm³/mol. The van der Waals surface area contributed by atoms with Crippen LogP contribution in [0.4, 0.5) is 18.9 Å². The van der Waals surface area contributed by atoms with Crippen LogP contribution in [0.5, 0.6) is 5.75 Å². The monoisotopic (exact) mass is 416 g/mol. The third kappa shape index (κ3) is 5.48. The van der Waals surface area contributed by atoms with Crippen LogP contribution < -0.4 is 9.64 Å². The topological polar surface area (TPSA) is 15.7 Å². The van der Waals surface area contributed by atoms with Crippen LogP contribution in [0.15, 0.2) is 48.5 Å². The van der Waals surface area contributed by atoms with Gasteiger partial charge in [0.2, 0.25) is 0 Å². The van der Waals surface area contributed by atoms with Gasteiger partial charge in [-0.3, -0.25) is 4.90 Å². The second kappa shape index (κ2) is 9.44. The summed E-state index contributed by atoms with van der Waals surface area (Å²) in [6.45, 7) is 1.14. The van der Waals surface area contributed by atoms with Gasteiger partial charge in [0.05, 0.1) is 5.56 Å². The van der Waals surface area contributed by atoms with Crippen molar-refractivity contribution in [1.82, 2.24) is 4.90 Å². The van der Waals surface area contributed by atoms with Gasteiger partial charge in [0.25, 0.3) is 0 Å². The number of benzene rings is 2. The Kier molecular flexibility index (Phi) is 6.94. The summed E-state index contributed by atoms with van der Waals surface area (Å²) >= 11 is 0. The number of likely N-dealkylation sites (tertiary alicyclic amines) is 1. The van der Waals surface area contributed by atoms with Gasteiger partial charge in [0.1, 0.15) is 12.5 Å². The van der Waals surface area contributed by atoms with Gasteiger partial charge in [0, 0.05) is 38.8 Å². The normalized spacial score (nSPS) is 19.9. The van der Waals surface area contributed by atoms with Crippen molar-refractivity contribution < 1.29 is 17.9 Å². The van der Waals surface area contributed by atoms with Gasteiger partial charge in [-0.2, -0.15) is 13.2 Å². The quantitative estimate of drug-likeness (QED) is 0.588. The van der Waals surface area contributed by atoms with Crippen molar-refractivity contribution >= 4 is 5.69 Å². The first-order valence-corrected chi connectivity index (χ1v) is 10.0. The first kappa shape index (κ1) is 22.0. The summed E-state index contributed by atoms with van der Waals surface area (Å²) in [7, 11) is 4.04. The smallest absolute Gasteiger partial charge is 0.416 e. The maximum Gasteiger partial charge on any atom is 0.416 e. The van der Waals surface area contributed by atoms with E-state index in [9.17, 15) is 13.2 Å². The van der Waals surface area contributed by atoms with E-state index < -0.39 is 11.7 Å². The molecule has 2 aromatic rings. The number of halogens is 3. The Morgan fingerprint density at radius 3 is 2.33 bits per heavy atom. The fraction of sp³-hybridized carbons (Fsp3) is 0.417. The number of piperidine rings is 1. The van der Waals surface area contributed by atoms with Crippen LogP contribution in [0, 0.1) is 12.3 Å². The largest absolute Gasteiger partial charge is 0.478 e. The van der Waals surface area contributed by atoms with Crippen LogP contribution in [-0.4, -0.2) is 38.3 Å². The number of rotatable bonds is 6. The lowest BCUT2D eigenvalue weighted by Gasteiger charge is -2.38. The minimum absolute atomic E-state index is 0.178. The van der Waals surface area contributed by atoms with E-state index >= 15 is 0 Å². The summed E-state index contributed by atoms with van der Waals surface area (Å²) < 4.78 is 43.9. The van der Waals surface area contributed by atoms with E-state index in [1.807, 2.05) is 14.1 Å². The second-order valence-corrected chi connectivity index (χ2v) is 7.88. The van der Waals surface area contributed by atoms with Gasteiger partial charge in [-0.15, -0.1) is 12.3 Å². The summed E-state index contributed by atoms with van der Waals surface area (Å²) in [5.41, 5.74) is 1.80. The maximum atomic E-state index is 12.7. The maximum absolute atomic E-state index is 12.7. The van der Waals surface area contributed by atoms with Gasteiger partial charge in [-0.1, -0.05) is 12.1 Å². The molecule has 1 aliphatic heterocycles. The molecular formula is C24H27F3N2O. The first-order valence-electron chi connectivity index (χ1n) is 10.0. The van der Waals surface area contributed by atoms with Crippen LogP contribution in [-0.2, 0) is 6.18 Å². The zero-order chi connectivity index (χ0) is 21.7. The molecule has 1 heterocycles. The molecule has 6 heteroatoms. The zero-order valence-electron chi connectivity index (χ0n) is 17.3. The van der Waals surface area contributed by atoms with Gasteiger partial charge < -0.3 is 9.64 Å². The Balaban J connectivity index is 1.61. The fourth-order valence-electron chi connectivity index (χ4n) is 3.86. The van der Waals surface area contributed by atoms with Crippen molar-refractivity contribution in [2.45, 2.75) is 37.4 Å². The molecule has 0 radical (unpaired) electrons. The van der Waals surface area contributed by atoms with Crippen molar-refractivity contribution in [3.05, 3.63) is 59.7 Å². The molecule has 1 saturated heterocycles. The number of nitrogens with zero attached hydrogens (tertiary/aromatic N) is 2. The second-order valence-electron chi connectivity index (χ2n) is 7.88. The molecule has 2 atom stereocenters. The minimum Gasteiger partial charge on any atom is -0.478 e. The lowest BCUT2D eigenvalue weighted by molar-refractivity contribution is -0.137. The van der Waals surface area contributed by atoms with Crippen molar-refractivity contribution in [2.24, 2.45) is 0 Å². The van der Waals surface area contributed by atoms with Crippen LogP contribution in [0.3, 0.4) is 0 Å². The molecule has 30 heavy (non-hydrogen) atoms. The van der Waals surface area contributed by atoms with Crippen molar-refractivity contribution in [3.63, 3.8) is 0 Å². The lowest BCUT2D eigenvalue weighted by Crippen LogP contribution is -2.43. The number of ether oxygens (including phenoxy) is 1. The van der Waals surface area contributed by atoms with Crippen LogP contribution in [0.25, 0.3) is 0 Å². The Labute approximate surface area is 176 Å². The van der Waals surface area contributed by atoms with E-state index in [1.165, 1.54) is 23.4 Å². The molecule has 0 saturated carbocycles. The third-order valence-corrected chi connectivity index (χ3v) is 5.65. The summed E-state index contributed by atoms with van der Waals surface area (Å²) in [5.74, 6) is 3.61. The molecule has 0 bridgehead atoms. The Bertz CT molecular complexity index is 854. The number of anilines is 1. The fourth-order valence-corrected chi connectivity index (χ4v) is 3.86. The molecule has 0 spiro atoms. The summed E-state index contributed by atoms with van der Waals surface area (Å²) in [6, 6.07) is 13.6. The van der Waals surface area contributed by atoms with Gasteiger partial charge >= 0.3 is 6.18 Å². The minimum atomic E-state index is -4.34. The average Bonchev–Trinajstić information content (AvgIpc) is 2.73. The van der Waals surface area contributed by atoms with Gasteiger partial charge in [0.15, 0.2) is 0 Å². The lowest BCUT2D eigenvalue weighted by atomic mass is 9.84. The standard InChI is InChI=1S/C24H27F3N2O/c1-4-5-22-16-19(18-6-10-21(11-7-18)28(2)3)14-15-29(22)17-30-23-12-8-20(9-13-23)24(25,26)27/h1,6-13,19,22H,5,14-17H2,2-3H3. The highest BCUT2D eigenvalue weighted by molar-refractivity contribution is 5.46. The molecule has 2 aromatic carbocycles. The number of hydrogen-bond donors (Lipinski definition) is 0. The molecule has 0 aromatic heterocycles. The van der Waals surface area contributed by atoms with Crippen molar-refractivity contribution in [1.29, 1.82) is 0 Å². The Morgan fingerprint density at radius 2 is 1.77 bits per heavy atom. The van der Waals surface area contributed by atoms with E-state index in [0.29, 0.717) is 24.8 Å². The number of alkyl halides is 3. The molecule has 3 nitrogen and oxygen atoms in total. The highest BCUT2D eigenvalue weighted by atomic mass is 19.4. The molecule has 0 amide bonds. The van der Waals surface area contributed by atoms with Crippen LogP contribution in [0.2, 0.25) is 0 Å². The SMILES string of the molecule is C#CCC1CC(c2ccc(N(C)C)cc2)CCN1COc1ccc(C(F)(F)F)cc1. The first-order chi connectivity index (χ1) is 14.3. The molecule has 3 rings (SSSR count). The van der Waals surface area contributed by atoms with Gasteiger partial charge in [-0.05, 0) is 60.7 Å². The summed E-state index contributed by atoms with van der Waals surface area (Å²) in [6.07, 6.45) is 3.78. The van der Waals surface area contributed by atoms with E-state index in [-0.39, 0.29) is 6.04 Å². The van der Waals surface area contributed by atoms with Crippen LogP contribution in [0.1, 0.15) is 36.3 Å². The van der Waals surface area contributed by atoms with Crippen molar-refractivity contribution in [3.8, 4) is 18.1 Å². The predicted octanol–water partition coefficient (Wildman–Crippen LogP) is 5.38. The Hall–Kier alpha value is -2.65. The molecule has 0 N–H and O–H groups in total. The molecular weight excluding hydrogens is 389 g/mol. The zero-order valence-corrected chi connectivity index (χ0v) is 17.3. The third-order valence-electron chi connectivity index (χ3n) is 5.65. The highest BCUT2D eigenvalue weighted by Gasteiger charge is 2.31. The number of hydrogen-bond acceptors (Lipinski definition) is 3. The number of terminal acetylenes is 1. The summed E-state index contributed by atoms with van der Waals surface area (Å²) in [5, 5.41) is 0. The van der Waals surface area contributed by atoms with Crippen molar-refractivity contribution in [2.75, 3.05) is 32.3 Å². The summed E-state index contributed by atoms with van der Waals surface area (Å²) in [4.78, 5) is 4.26. The van der Waals surface area contributed by atoms with E-state index in [2.05, 4.69) is 40.0 Å². The van der Waals surface area contributed by atoms with E-state index in [4.69, 9.17) is 11.2 Å². The molecule has 160 valence electrons. The van der Waals surface area contributed by atoms with Crippen LogP contribution >= 0.6 is 0 Å². The highest BCUT2D eigenvalue weighted by Crippen LogP contribution is 2.34. The van der Waals surface area contributed by atoms with Gasteiger partial charge in [-0.25, -0.2) is 0 Å². The molecule has 2 unspecified atom stereocenters. The van der Waals surface area contributed by atoms with E-state index in [0.717, 1.165) is 31.5 Å². The molecule has 1 aliphatic rings. The molecule has 0 aliphatic carbocycles. The Morgan fingerprint density at radius 1 is 1.10 bits per heavy atom. The average molecular weight is 416 g/mol.